The van der Waals surface area contributed by atoms with Crippen LogP contribution in [-0.4, -0.2) is 63.3 Å². The van der Waals surface area contributed by atoms with Crippen molar-refractivity contribution in [2.75, 3.05) is 21.3 Å². The van der Waals surface area contributed by atoms with E-state index >= 15 is 0 Å². The van der Waals surface area contributed by atoms with Crippen LogP contribution in [0.2, 0.25) is 0 Å². The molecule has 2 amide bonds. The predicted molar refractivity (Wildman–Crippen MR) is 134 cm³/mol. The first-order chi connectivity index (χ1) is 18.2. The monoisotopic (exact) mass is 528 g/mol. The molecule has 0 aromatic heterocycles. The Hall–Kier alpha value is -4.41. The predicted octanol–water partition coefficient (Wildman–Crippen LogP) is 1.78. The largest absolute Gasteiger partial charge is 0.468 e. The Kier molecular flexibility index (Phi) is 11.8. The molecule has 3 atom stereocenters. The van der Waals surface area contributed by atoms with Crippen LogP contribution in [0.25, 0.3) is 0 Å². The number of nitrogens with one attached hydrogen (secondary N) is 2. The SMILES string of the molecule is COC(=O)C(C(=O)OC)[C@H](C)[C@H](NC(=O)[C@H](Cc1ccccc1)NC(=O)OCc1ccccc1)C(=O)OC. The van der Waals surface area contributed by atoms with Crippen LogP contribution in [0.15, 0.2) is 60.7 Å². The second kappa shape index (κ2) is 15.0. The van der Waals surface area contributed by atoms with Gasteiger partial charge >= 0.3 is 24.0 Å². The maximum atomic E-state index is 13.4. The van der Waals surface area contributed by atoms with Gasteiger partial charge in [-0.25, -0.2) is 9.59 Å². The first kappa shape index (κ1) is 29.8. The van der Waals surface area contributed by atoms with Crippen molar-refractivity contribution in [3.05, 3.63) is 71.8 Å². The highest BCUT2D eigenvalue weighted by molar-refractivity contribution is 5.97. The number of esters is 3. The third-order valence-electron chi connectivity index (χ3n) is 5.82. The van der Waals surface area contributed by atoms with E-state index in [9.17, 15) is 24.0 Å². The van der Waals surface area contributed by atoms with Crippen LogP contribution in [0.1, 0.15) is 18.1 Å². The third-order valence-corrected chi connectivity index (χ3v) is 5.82. The van der Waals surface area contributed by atoms with E-state index in [1.807, 2.05) is 6.07 Å². The number of hydrogen-bond acceptors (Lipinski definition) is 9. The Morgan fingerprint density at radius 3 is 1.71 bits per heavy atom. The van der Waals surface area contributed by atoms with Crippen molar-refractivity contribution < 1.29 is 42.9 Å². The molecular formula is C27H32N2O9. The summed E-state index contributed by atoms with van der Waals surface area (Å²) in [5.41, 5.74) is 1.48. The summed E-state index contributed by atoms with van der Waals surface area (Å²) in [7, 11) is 3.26. The molecule has 0 saturated carbocycles. The second-order valence-corrected chi connectivity index (χ2v) is 8.34. The molecule has 0 aliphatic heterocycles. The molecule has 0 fully saturated rings. The van der Waals surface area contributed by atoms with E-state index in [4.69, 9.17) is 9.47 Å². The minimum atomic E-state index is -1.52. The van der Waals surface area contributed by atoms with Gasteiger partial charge in [-0.05, 0) is 11.1 Å². The van der Waals surface area contributed by atoms with E-state index in [2.05, 4.69) is 20.1 Å². The third kappa shape index (κ3) is 8.61. The summed E-state index contributed by atoms with van der Waals surface area (Å²) in [6.07, 6.45) is -0.790. The highest BCUT2D eigenvalue weighted by Gasteiger charge is 2.43. The van der Waals surface area contributed by atoms with Gasteiger partial charge in [0, 0.05) is 12.3 Å². The minimum Gasteiger partial charge on any atom is -0.468 e. The van der Waals surface area contributed by atoms with Crippen LogP contribution in [0.4, 0.5) is 4.79 Å². The molecule has 0 aliphatic carbocycles. The molecule has 0 aliphatic rings. The average Bonchev–Trinajstić information content (AvgIpc) is 2.94. The van der Waals surface area contributed by atoms with E-state index in [1.54, 1.807) is 54.6 Å². The molecule has 2 aromatic rings. The number of ether oxygens (including phenoxy) is 4. The molecule has 0 bridgehead atoms. The number of carbonyl (C=O) groups excluding carboxylic acids is 5. The highest BCUT2D eigenvalue weighted by Crippen LogP contribution is 2.21. The van der Waals surface area contributed by atoms with Crippen molar-refractivity contribution in [1.29, 1.82) is 0 Å². The van der Waals surface area contributed by atoms with Crippen LogP contribution in [0, 0.1) is 11.8 Å². The van der Waals surface area contributed by atoms with Crippen molar-refractivity contribution in [1.82, 2.24) is 10.6 Å². The first-order valence-electron chi connectivity index (χ1n) is 11.8. The molecular weight excluding hydrogens is 496 g/mol. The van der Waals surface area contributed by atoms with Gasteiger partial charge in [0.05, 0.1) is 21.3 Å². The Balaban J connectivity index is 2.26. The van der Waals surface area contributed by atoms with Gasteiger partial charge in [0.2, 0.25) is 5.91 Å². The molecule has 2 N–H and O–H groups in total. The van der Waals surface area contributed by atoms with Gasteiger partial charge in [-0.3, -0.25) is 14.4 Å². The molecule has 2 aromatic carbocycles. The van der Waals surface area contributed by atoms with Crippen LogP contribution in [0.5, 0.6) is 0 Å². The number of hydrogen-bond donors (Lipinski definition) is 2. The topological polar surface area (TPSA) is 146 Å². The van der Waals surface area contributed by atoms with Gasteiger partial charge in [0.1, 0.15) is 18.7 Å². The number of benzene rings is 2. The molecule has 0 radical (unpaired) electrons. The first-order valence-corrected chi connectivity index (χ1v) is 11.8. The molecule has 11 nitrogen and oxygen atoms in total. The number of carbonyl (C=O) groups is 5. The summed E-state index contributed by atoms with van der Waals surface area (Å²) in [5.74, 6) is -6.21. The smallest absolute Gasteiger partial charge is 0.408 e. The Morgan fingerprint density at radius 1 is 0.711 bits per heavy atom. The fourth-order valence-corrected chi connectivity index (χ4v) is 3.72. The van der Waals surface area contributed by atoms with E-state index in [-0.39, 0.29) is 13.0 Å². The minimum absolute atomic E-state index is 0.0197. The summed E-state index contributed by atoms with van der Waals surface area (Å²) in [4.78, 5) is 63.2. The lowest BCUT2D eigenvalue weighted by molar-refractivity contribution is -0.163. The maximum absolute atomic E-state index is 13.4. The van der Waals surface area contributed by atoms with E-state index in [0.29, 0.717) is 0 Å². The number of amides is 2. The zero-order chi connectivity index (χ0) is 28.1. The lowest BCUT2D eigenvalue weighted by Gasteiger charge is -2.28. The lowest BCUT2D eigenvalue weighted by Crippen LogP contribution is -2.56. The molecule has 0 spiro atoms. The summed E-state index contributed by atoms with van der Waals surface area (Å²) in [6.45, 7) is 1.38. The summed E-state index contributed by atoms with van der Waals surface area (Å²) in [5, 5.41) is 5.03. The van der Waals surface area contributed by atoms with Crippen LogP contribution < -0.4 is 10.6 Å². The molecule has 2 rings (SSSR count). The highest BCUT2D eigenvalue weighted by atomic mass is 16.6. The van der Waals surface area contributed by atoms with Gasteiger partial charge < -0.3 is 29.6 Å². The van der Waals surface area contributed by atoms with E-state index < -0.39 is 53.8 Å². The fourth-order valence-electron chi connectivity index (χ4n) is 3.72. The molecule has 0 saturated heterocycles. The summed E-state index contributed by atoms with van der Waals surface area (Å²) < 4.78 is 19.4. The van der Waals surface area contributed by atoms with Crippen molar-refractivity contribution in [2.45, 2.75) is 32.0 Å². The Labute approximate surface area is 220 Å². The normalized spacial score (nSPS) is 12.9. The van der Waals surface area contributed by atoms with Crippen LogP contribution >= 0.6 is 0 Å². The van der Waals surface area contributed by atoms with Gasteiger partial charge in [0.25, 0.3) is 0 Å². The van der Waals surface area contributed by atoms with Crippen molar-refractivity contribution in [3.8, 4) is 0 Å². The summed E-state index contributed by atoms with van der Waals surface area (Å²) in [6, 6.07) is 15.2. The van der Waals surface area contributed by atoms with Gasteiger partial charge in [-0.15, -0.1) is 0 Å². The second-order valence-electron chi connectivity index (χ2n) is 8.34. The van der Waals surface area contributed by atoms with Gasteiger partial charge in [0.15, 0.2) is 5.92 Å². The summed E-state index contributed by atoms with van der Waals surface area (Å²) >= 11 is 0. The standard InChI is InChI=1S/C27H32N2O9/c1-17(21(24(31)35-2)25(32)36-3)22(26(33)37-4)29-23(30)20(15-18-11-7-5-8-12-18)28-27(34)38-16-19-13-9-6-10-14-19/h5-14,17,20-22H,15-16H2,1-4H3,(H,28,34)(H,29,30)/t17-,20-,22-/m0/s1. The fraction of sp³-hybridized carbons (Fsp3) is 0.370. The van der Waals surface area contributed by atoms with E-state index in [1.165, 1.54) is 6.92 Å². The van der Waals surface area contributed by atoms with Crippen molar-refractivity contribution in [2.24, 2.45) is 11.8 Å². The van der Waals surface area contributed by atoms with Crippen LogP contribution in [-0.2, 0) is 51.2 Å². The molecule has 204 valence electrons. The van der Waals surface area contributed by atoms with Gasteiger partial charge in [-0.1, -0.05) is 67.6 Å². The number of rotatable bonds is 12. The quantitative estimate of drug-likeness (QED) is 0.239. The van der Waals surface area contributed by atoms with Crippen molar-refractivity contribution in [3.63, 3.8) is 0 Å². The van der Waals surface area contributed by atoms with E-state index in [0.717, 1.165) is 32.5 Å². The zero-order valence-electron chi connectivity index (χ0n) is 21.7. The maximum Gasteiger partial charge on any atom is 0.408 e. The van der Waals surface area contributed by atoms with Gasteiger partial charge in [-0.2, -0.15) is 0 Å². The average molecular weight is 529 g/mol. The molecule has 0 heterocycles. The molecule has 11 heteroatoms. The lowest BCUT2D eigenvalue weighted by atomic mass is 9.87. The zero-order valence-corrected chi connectivity index (χ0v) is 21.7. The molecule has 0 unspecified atom stereocenters. The Morgan fingerprint density at radius 2 is 1.21 bits per heavy atom. The molecule has 38 heavy (non-hydrogen) atoms. The Bertz CT molecular complexity index is 1080. The number of methoxy groups -OCH3 is 3. The van der Waals surface area contributed by atoms with Crippen LogP contribution in [0.3, 0.4) is 0 Å². The number of alkyl carbamates (subject to hydrolysis) is 1. The van der Waals surface area contributed by atoms with Crippen molar-refractivity contribution >= 4 is 29.9 Å².